The molecule has 2 heterocycles. The van der Waals surface area contributed by atoms with E-state index in [4.69, 9.17) is 0 Å². The number of nitrogens with one attached hydrogen (secondary N) is 1. The molecule has 0 bridgehead atoms. The van der Waals surface area contributed by atoms with Gasteiger partial charge in [-0.3, -0.25) is 9.59 Å². The van der Waals surface area contributed by atoms with Gasteiger partial charge in [0.15, 0.2) is 0 Å². The minimum absolute atomic E-state index is 0.0599. The molecule has 2 unspecified atom stereocenters. The van der Waals surface area contributed by atoms with Gasteiger partial charge in [-0.1, -0.05) is 43.0 Å². The van der Waals surface area contributed by atoms with Crippen molar-refractivity contribution in [1.82, 2.24) is 10.2 Å². The Labute approximate surface area is 122 Å². The monoisotopic (exact) mass is 290 g/mol. The van der Waals surface area contributed by atoms with Crippen LogP contribution in [-0.2, 0) is 11.2 Å². The number of fused-ring (bicyclic) bond motifs is 1. The summed E-state index contributed by atoms with van der Waals surface area (Å²) >= 11 is 1.19. The molecule has 0 saturated carbocycles. The summed E-state index contributed by atoms with van der Waals surface area (Å²) < 4.78 is 0. The van der Waals surface area contributed by atoms with Gasteiger partial charge in [-0.05, 0) is 24.0 Å². The van der Waals surface area contributed by atoms with Crippen molar-refractivity contribution in [1.29, 1.82) is 0 Å². The Morgan fingerprint density at radius 1 is 1.45 bits per heavy atom. The third-order valence-corrected chi connectivity index (χ3v) is 4.93. The van der Waals surface area contributed by atoms with Crippen LogP contribution in [-0.4, -0.2) is 34.4 Å². The fourth-order valence-corrected chi connectivity index (χ4v) is 3.84. The largest absolute Gasteiger partial charge is 0.334 e. The van der Waals surface area contributed by atoms with E-state index in [1.165, 1.54) is 22.9 Å². The van der Waals surface area contributed by atoms with Crippen LogP contribution in [0.1, 0.15) is 30.5 Å². The zero-order valence-electron chi connectivity index (χ0n) is 11.5. The lowest BCUT2D eigenvalue weighted by molar-refractivity contribution is -0.135. The molecular formula is C15H18N2O2S. The Morgan fingerprint density at radius 2 is 2.25 bits per heavy atom. The van der Waals surface area contributed by atoms with Gasteiger partial charge in [0.25, 0.3) is 5.24 Å². The number of thioether (sulfide) groups is 1. The van der Waals surface area contributed by atoms with Crippen LogP contribution in [0.5, 0.6) is 0 Å². The molecule has 0 radical (unpaired) electrons. The molecular weight excluding hydrogens is 272 g/mol. The fraction of sp³-hybridized carbons (Fsp3) is 0.467. The molecule has 1 N–H and O–H groups in total. The van der Waals surface area contributed by atoms with Crippen molar-refractivity contribution in [3.63, 3.8) is 0 Å². The number of carbonyl (C=O) groups excluding carboxylic acids is 2. The first kappa shape index (κ1) is 13.5. The summed E-state index contributed by atoms with van der Waals surface area (Å²) in [4.78, 5) is 25.8. The molecule has 20 heavy (non-hydrogen) atoms. The maximum absolute atomic E-state index is 12.6. The lowest BCUT2D eigenvalue weighted by Gasteiger charge is -2.38. The van der Waals surface area contributed by atoms with Gasteiger partial charge in [0.2, 0.25) is 5.91 Å². The highest BCUT2D eigenvalue weighted by Crippen LogP contribution is 2.33. The van der Waals surface area contributed by atoms with Crippen LogP contribution in [0, 0.1) is 0 Å². The Balaban J connectivity index is 1.84. The number of rotatable bonds is 2. The van der Waals surface area contributed by atoms with Gasteiger partial charge in [-0.2, -0.15) is 0 Å². The summed E-state index contributed by atoms with van der Waals surface area (Å²) in [5.41, 5.74) is 2.60. The highest BCUT2D eigenvalue weighted by atomic mass is 32.2. The van der Waals surface area contributed by atoms with E-state index in [0.717, 1.165) is 19.4 Å². The van der Waals surface area contributed by atoms with E-state index in [2.05, 4.69) is 30.4 Å². The maximum Gasteiger partial charge on any atom is 0.279 e. The second kappa shape index (κ2) is 5.48. The van der Waals surface area contributed by atoms with Gasteiger partial charge in [0.1, 0.15) is 6.04 Å². The number of carbonyl (C=O) groups is 2. The normalized spacial score (nSPS) is 25.2. The molecule has 1 aromatic carbocycles. The first-order valence-electron chi connectivity index (χ1n) is 7.02. The third-order valence-electron chi connectivity index (χ3n) is 4.05. The smallest absolute Gasteiger partial charge is 0.279 e. The van der Waals surface area contributed by atoms with Gasteiger partial charge < -0.3 is 10.2 Å². The standard InChI is InChI=1S/C15H18N2O2S/c1-2-13-11-6-4-3-5-10(11)7-8-17(13)14(18)12-9-20-15(19)16-12/h3-6,12-13H,2,7-9H2,1H3,(H,16,19). The van der Waals surface area contributed by atoms with Crippen molar-refractivity contribution < 1.29 is 9.59 Å². The Bertz CT molecular complexity index is 546. The molecule has 2 aliphatic heterocycles. The molecule has 3 rings (SSSR count). The van der Waals surface area contributed by atoms with E-state index < -0.39 is 0 Å². The van der Waals surface area contributed by atoms with Crippen molar-refractivity contribution >= 4 is 22.9 Å². The van der Waals surface area contributed by atoms with E-state index in [0.29, 0.717) is 5.75 Å². The van der Waals surface area contributed by atoms with Crippen molar-refractivity contribution in [2.75, 3.05) is 12.3 Å². The SMILES string of the molecule is CCC1c2ccccc2CCN1C(=O)C1CSC(=O)N1. The number of hydrogen-bond acceptors (Lipinski definition) is 3. The van der Waals surface area contributed by atoms with Crippen molar-refractivity contribution in [3.05, 3.63) is 35.4 Å². The lowest BCUT2D eigenvalue weighted by atomic mass is 9.90. The summed E-state index contributed by atoms with van der Waals surface area (Å²) in [5.74, 6) is 0.608. The molecule has 0 spiro atoms. The van der Waals surface area contributed by atoms with Crippen LogP contribution in [0.2, 0.25) is 0 Å². The molecule has 2 amide bonds. The van der Waals surface area contributed by atoms with Crippen molar-refractivity contribution in [2.24, 2.45) is 0 Å². The Kier molecular flexibility index (Phi) is 3.70. The molecule has 106 valence electrons. The van der Waals surface area contributed by atoms with Crippen LogP contribution < -0.4 is 5.32 Å². The average Bonchev–Trinajstić information content (AvgIpc) is 2.91. The van der Waals surface area contributed by atoms with Crippen LogP contribution >= 0.6 is 11.8 Å². The van der Waals surface area contributed by atoms with E-state index in [9.17, 15) is 9.59 Å². The molecule has 0 aliphatic carbocycles. The molecule has 4 nitrogen and oxygen atoms in total. The Morgan fingerprint density at radius 3 is 2.95 bits per heavy atom. The van der Waals surface area contributed by atoms with Gasteiger partial charge in [-0.25, -0.2) is 0 Å². The molecule has 1 saturated heterocycles. The topological polar surface area (TPSA) is 49.4 Å². The van der Waals surface area contributed by atoms with E-state index in [1.807, 2.05) is 11.0 Å². The van der Waals surface area contributed by atoms with Crippen LogP contribution in [0.15, 0.2) is 24.3 Å². The minimum atomic E-state index is -0.355. The average molecular weight is 290 g/mol. The second-order valence-corrected chi connectivity index (χ2v) is 6.19. The van der Waals surface area contributed by atoms with Gasteiger partial charge in [0.05, 0.1) is 6.04 Å². The van der Waals surface area contributed by atoms with Crippen LogP contribution in [0.25, 0.3) is 0 Å². The predicted octanol–water partition coefficient (Wildman–Crippen LogP) is 2.35. The summed E-state index contributed by atoms with van der Waals surface area (Å²) in [7, 11) is 0. The maximum atomic E-state index is 12.6. The zero-order chi connectivity index (χ0) is 14.1. The van der Waals surface area contributed by atoms with Crippen molar-refractivity contribution in [2.45, 2.75) is 31.8 Å². The van der Waals surface area contributed by atoms with Crippen LogP contribution in [0.4, 0.5) is 4.79 Å². The lowest BCUT2D eigenvalue weighted by Crippen LogP contribution is -2.49. The van der Waals surface area contributed by atoms with E-state index in [1.54, 1.807) is 0 Å². The first-order chi connectivity index (χ1) is 9.70. The second-order valence-electron chi connectivity index (χ2n) is 5.20. The van der Waals surface area contributed by atoms with Gasteiger partial charge in [-0.15, -0.1) is 0 Å². The number of nitrogens with zero attached hydrogens (tertiary/aromatic N) is 1. The highest BCUT2D eigenvalue weighted by molar-refractivity contribution is 8.14. The zero-order valence-corrected chi connectivity index (χ0v) is 12.3. The first-order valence-corrected chi connectivity index (χ1v) is 8.01. The minimum Gasteiger partial charge on any atom is -0.334 e. The van der Waals surface area contributed by atoms with Crippen molar-refractivity contribution in [3.8, 4) is 0 Å². The molecule has 2 atom stereocenters. The molecule has 5 heteroatoms. The Hall–Kier alpha value is -1.49. The summed E-state index contributed by atoms with van der Waals surface area (Å²) in [5, 5.41) is 2.66. The summed E-state index contributed by atoms with van der Waals surface area (Å²) in [6.45, 7) is 2.85. The molecule has 2 aliphatic rings. The summed E-state index contributed by atoms with van der Waals surface area (Å²) in [6.07, 6.45) is 1.79. The van der Waals surface area contributed by atoms with Gasteiger partial charge >= 0.3 is 0 Å². The van der Waals surface area contributed by atoms with E-state index in [-0.39, 0.29) is 23.2 Å². The number of amides is 2. The molecule has 1 fully saturated rings. The highest BCUT2D eigenvalue weighted by Gasteiger charge is 2.36. The van der Waals surface area contributed by atoms with Crippen LogP contribution in [0.3, 0.4) is 0 Å². The van der Waals surface area contributed by atoms with E-state index >= 15 is 0 Å². The number of benzene rings is 1. The third kappa shape index (κ3) is 2.30. The molecule has 1 aromatic rings. The van der Waals surface area contributed by atoms with Gasteiger partial charge in [0, 0.05) is 12.3 Å². The fourth-order valence-electron chi connectivity index (χ4n) is 3.07. The predicted molar refractivity (Wildman–Crippen MR) is 79.7 cm³/mol. The summed E-state index contributed by atoms with van der Waals surface area (Å²) in [6, 6.07) is 8.12. The molecule has 0 aromatic heterocycles. The quantitative estimate of drug-likeness (QED) is 0.909. The number of hydrogen-bond donors (Lipinski definition) is 1.